The van der Waals surface area contributed by atoms with E-state index >= 15 is 0 Å². The fourth-order valence-corrected chi connectivity index (χ4v) is 3.16. The molecule has 0 saturated carbocycles. The molecule has 0 spiro atoms. The van der Waals surface area contributed by atoms with E-state index in [1.165, 1.54) is 13.2 Å². The lowest BCUT2D eigenvalue weighted by Crippen LogP contribution is -2.34. The van der Waals surface area contributed by atoms with Gasteiger partial charge in [0, 0.05) is 30.6 Å². The minimum Gasteiger partial charge on any atom is -0.497 e. The van der Waals surface area contributed by atoms with Crippen LogP contribution in [0.4, 0.5) is 5.95 Å². The summed E-state index contributed by atoms with van der Waals surface area (Å²) in [6, 6.07) is 6.57. The zero-order valence-electron chi connectivity index (χ0n) is 16.2. The lowest BCUT2D eigenvalue weighted by Gasteiger charge is -2.17. The molecule has 11 nitrogen and oxygen atoms in total. The molecule has 11 heteroatoms. The van der Waals surface area contributed by atoms with Crippen molar-refractivity contribution in [1.29, 1.82) is 0 Å². The van der Waals surface area contributed by atoms with Crippen molar-refractivity contribution in [2.24, 2.45) is 0 Å². The molecule has 1 saturated heterocycles. The van der Waals surface area contributed by atoms with Gasteiger partial charge in [0.15, 0.2) is 0 Å². The summed E-state index contributed by atoms with van der Waals surface area (Å²) in [5.74, 6) is -0.521. The summed E-state index contributed by atoms with van der Waals surface area (Å²) in [5, 5.41) is 9.47. The fourth-order valence-electron chi connectivity index (χ4n) is 3.16. The number of methoxy groups -OCH3 is 1. The van der Waals surface area contributed by atoms with Crippen LogP contribution in [0.3, 0.4) is 0 Å². The van der Waals surface area contributed by atoms with Gasteiger partial charge in [0.1, 0.15) is 11.3 Å². The standard InChI is InChI=1S/C19H20N6O5/c1-29-12-3-4-14-11(9-12)10-13(16(26)20-14)17(27)22-19-21-15(23-24-19)18(28)25-5-2-7-30-8-6-25/h3-4,9-10H,2,5-8H2,1H3,(H,20,26)(H2,21,22,23,24,27). The second-order valence-corrected chi connectivity index (χ2v) is 6.69. The van der Waals surface area contributed by atoms with Gasteiger partial charge < -0.3 is 19.4 Å². The Balaban J connectivity index is 1.52. The molecular weight excluding hydrogens is 392 g/mol. The molecule has 0 unspecified atom stereocenters. The Morgan fingerprint density at radius 1 is 1.23 bits per heavy atom. The van der Waals surface area contributed by atoms with Crippen molar-refractivity contribution in [2.45, 2.75) is 6.42 Å². The topological polar surface area (TPSA) is 142 Å². The van der Waals surface area contributed by atoms with Gasteiger partial charge in [0.25, 0.3) is 17.4 Å². The van der Waals surface area contributed by atoms with Crippen LogP contribution in [0.1, 0.15) is 27.4 Å². The minimum atomic E-state index is -0.692. The number of hydrogen-bond donors (Lipinski definition) is 3. The van der Waals surface area contributed by atoms with Crippen molar-refractivity contribution in [2.75, 3.05) is 38.7 Å². The highest BCUT2D eigenvalue weighted by Gasteiger charge is 2.22. The van der Waals surface area contributed by atoms with Crippen molar-refractivity contribution in [1.82, 2.24) is 25.1 Å². The first-order valence-corrected chi connectivity index (χ1v) is 9.37. The third kappa shape index (κ3) is 4.01. The number of ether oxygens (including phenoxy) is 2. The molecule has 156 valence electrons. The Morgan fingerprint density at radius 2 is 2.10 bits per heavy atom. The van der Waals surface area contributed by atoms with Crippen LogP contribution in [0.25, 0.3) is 10.9 Å². The van der Waals surface area contributed by atoms with Gasteiger partial charge in [0.2, 0.25) is 11.8 Å². The summed E-state index contributed by atoms with van der Waals surface area (Å²) in [4.78, 5) is 45.7. The van der Waals surface area contributed by atoms with Crippen LogP contribution in [0.2, 0.25) is 0 Å². The quantitative estimate of drug-likeness (QED) is 0.574. The van der Waals surface area contributed by atoms with Gasteiger partial charge in [-0.25, -0.2) is 0 Å². The average molecular weight is 412 g/mol. The Kier molecular flexibility index (Phi) is 5.44. The smallest absolute Gasteiger partial charge is 0.291 e. The summed E-state index contributed by atoms with van der Waals surface area (Å²) in [5.41, 5.74) is -0.0933. The van der Waals surface area contributed by atoms with E-state index in [1.54, 1.807) is 23.1 Å². The summed E-state index contributed by atoms with van der Waals surface area (Å²) in [6.07, 6.45) is 0.735. The van der Waals surface area contributed by atoms with Crippen LogP contribution in [0.15, 0.2) is 29.1 Å². The van der Waals surface area contributed by atoms with Gasteiger partial charge in [-0.3, -0.25) is 24.8 Å². The maximum atomic E-state index is 12.6. The number of carbonyl (C=O) groups excluding carboxylic acids is 2. The number of hydrogen-bond acceptors (Lipinski definition) is 7. The molecule has 1 aliphatic rings. The van der Waals surface area contributed by atoms with Gasteiger partial charge in [0.05, 0.1) is 13.7 Å². The van der Waals surface area contributed by atoms with Crippen molar-refractivity contribution in [3.05, 3.63) is 46.0 Å². The minimum absolute atomic E-state index is 0.00403. The van der Waals surface area contributed by atoms with Crippen LogP contribution in [0.5, 0.6) is 5.75 Å². The first-order chi connectivity index (χ1) is 14.5. The third-order valence-electron chi connectivity index (χ3n) is 4.72. The predicted molar refractivity (Wildman–Crippen MR) is 107 cm³/mol. The molecule has 3 aromatic rings. The number of rotatable bonds is 4. The van der Waals surface area contributed by atoms with E-state index in [4.69, 9.17) is 9.47 Å². The Morgan fingerprint density at radius 3 is 2.93 bits per heavy atom. The molecule has 3 N–H and O–H groups in total. The van der Waals surface area contributed by atoms with E-state index in [2.05, 4.69) is 25.5 Å². The molecule has 1 aromatic carbocycles. The van der Waals surface area contributed by atoms with Gasteiger partial charge in [-0.2, -0.15) is 4.98 Å². The normalized spacial score (nSPS) is 14.4. The zero-order chi connectivity index (χ0) is 21.1. The second kappa shape index (κ2) is 8.33. The molecule has 2 aromatic heterocycles. The lowest BCUT2D eigenvalue weighted by atomic mass is 10.1. The number of aromatic amines is 2. The SMILES string of the molecule is COc1ccc2[nH]c(=O)c(C(=O)Nc3n[nH]c(C(=O)N4CCCOCC4)n3)cc2c1. The van der Waals surface area contributed by atoms with Crippen molar-refractivity contribution >= 4 is 28.7 Å². The number of aromatic nitrogens is 4. The lowest BCUT2D eigenvalue weighted by molar-refractivity contribution is 0.0729. The van der Waals surface area contributed by atoms with Crippen molar-refractivity contribution < 1.29 is 19.1 Å². The zero-order valence-corrected chi connectivity index (χ0v) is 16.2. The number of H-pyrrole nitrogens is 2. The first kappa shape index (κ1) is 19.6. The summed E-state index contributed by atoms with van der Waals surface area (Å²) >= 11 is 0. The van der Waals surface area contributed by atoms with Crippen LogP contribution < -0.4 is 15.6 Å². The van der Waals surface area contributed by atoms with E-state index in [9.17, 15) is 14.4 Å². The molecule has 30 heavy (non-hydrogen) atoms. The number of fused-ring (bicyclic) bond motifs is 1. The van der Waals surface area contributed by atoms with Gasteiger partial charge in [-0.1, -0.05) is 0 Å². The maximum absolute atomic E-state index is 12.6. The highest BCUT2D eigenvalue weighted by Crippen LogP contribution is 2.19. The highest BCUT2D eigenvalue weighted by atomic mass is 16.5. The molecule has 0 atom stereocenters. The largest absolute Gasteiger partial charge is 0.497 e. The van der Waals surface area contributed by atoms with E-state index in [0.29, 0.717) is 43.0 Å². The Bertz CT molecular complexity index is 1150. The average Bonchev–Trinajstić information content (AvgIpc) is 3.04. The van der Waals surface area contributed by atoms with Gasteiger partial charge in [-0.15, -0.1) is 5.10 Å². The number of carbonyl (C=O) groups is 2. The summed E-state index contributed by atoms with van der Waals surface area (Å²) in [6.45, 7) is 2.07. The summed E-state index contributed by atoms with van der Waals surface area (Å²) in [7, 11) is 1.53. The van der Waals surface area contributed by atoms with Crippen LogP contribution in [0, 0.1) is 0 Å². The monoisotopic (exact) mass is 412 g/mol. The van der Waals surface area contributed by atoms with E-state index in [1.807, 2.05) is 0 Å². The number of amides is 2. The van der Waals surface area contributed by atoms with Gasteiger partial charge in [-0.05, 0) is 30.7 Å². The van der Waals surface area contributed by atoms with Crippen LogP contribution in [-0.2, 0) is 4.74 Å². The number of nitrogens with zero attached hydrogens (tertiary/aromatic N) is 3. The molecule has 1 fully saturated rings. The molecule has 0 bridgehead atoms. The highest BCUT2D eigenvalue weighted by molar-refractivity contribution is 6.05. The number of nitrogens with one attached hydrogen (secondary N) is 3. The van der Waals surface area contributed by atoms with Crippen LogP contribution in [-0.4, -0.2) is 70.3 Å². The molecule has 3 heterocycles. The van der Waals surface area contributed by atoms with E-state index in [-0.39, 0.29) is 23.2 Å². The summed E-state index contributed by atoms with van der Waals surface area (Å²) < 4.78 is 10.5. The molecule has 4 rings (SSSR count). The van der Waals surface area contributed by atoms with Crippen molar-refractivity contribution in [3.63, 3.8) is 0 Å². The third-order valence-corrected chi connectivity index (χ3v) is 4.72. The maximum Gasteiger partial charge on any atom is 0.291 e. The first-order valence-electron chi connectivity index (χ1n) is 9.37. The molecule has 1 aliphatic heterocycles. The predicted octanol–water partition coefficient (Wildman–Crippen LogP) is 0.770. The van der Waals surface area contributed by atoms with E-state index in [0.717, 1.165) is 6.42 Å². The number of anilines is 1. The Labute approximate surface area is 170 Å². The molecule has 2 amide bonds. The molecular formula is C19H20N6O5. The number of pyridine rings is 1. The second-order valence-electron chi connectivity index (χ2n) is 6.69. The van der Waals surface area contributed by atoms with Crippen LogP contribution >= 0.6 is 0 Å². The van der Waals surface area contributed by atoms with Crippen molar-refractivity contribution in [3.8, 4) is 5.75 Å². The Hall–Kier alpha value is -3.73. The number of benzene rings is 1. The van der Waals surface area contributed by atoms with Gasteiger partial charge >= 0.3 is 0 Å². The van der Waals surface area contributed by atoms with E-state index < -0.39 is 11.5 Å². The fraction of sp³-hybridized carbons (Fsp3) is 0.316. The molecule has 0 radical (unpaired) electrons. The molecule has 0 aliphatic carbocycles.